The van der Waals surface area contributed by atoms with E-state index in [9.17, 15) is 9.90 Å². The fraction of sp³-hybridized carbons (Fsp3) is 0.476. The number of aromatic nitrogens is 3. The van der Waals surface area contributed by atoms with Gasteiger partial charge in [0.1, 0.15) is 4.88 Å². The number of hydrogen-bond acceptors (Lipinski definition) is 6. The molecule has 1 aliphatic rings. The molecule has 2 aromatic heterocycles. The van der Waals surface area contributed by atoms with Crippen LogP contribution in [0.4, 0.5) is 0 Å². The van der Waals surface area contributed by atoms with E-state index < -0.39 is 0 Å². The largest absolute Gasteiger partial charge is 0.492 e. The Morgan fingerprint density at radius 3 is 2.62 bits per heavy atom. The monoisotopic (exact) mass is 415 g/mol. The predicted octanol–water partition coefficient (Wildman–Crippen LogP) is 1.92. The Balaban J connectivity index is 1.70. The molecule has 3 heterocycles. The van der Waals surface area contributed by atoms with E-state index in [1.54, 1.807) is 4.52 Å². The molecule has 1 aromatic carbocycles. The lowest BCUT2D eigenvalue weighted by atomic mass is 9.93. The van der Waals surface area contributed by atoms with Crippen molar-refractivity contribution in [1.82, 2.24) is 14.6 Å². The molecule has 3 aromatic rings. The maximum atomic E-state index is 11.9. The molecule has 29 heavy (non-hydrogen) atoms. The molecule has 0 spiro atoms. The lowest BCUT2D eigenvalue weighted by Gasteiger charge is -2.33. The molecule has 7 nitrogen and oxygen atoms in total. The maximum Gasteiger partial charge on any atom is 0.309 e. The number of nitrogens with zero attached hydrogens (tertiary/aromatic N) is 3. The van der Waals surface area contributed by atoms with Crippen LogP contribution >= 0.6 is 11.3 Å². The van der Waals surface area contributed by atoms with Crippen molar-refractivity contribution in [3.8, 4) is 5.88 Å². The number of ether oxygens (including phenoxy) is 1. The molecule has 0 aliphatic carbocycles. The van der Waals surface area contributed by atoms with Crippen LogP contribution in [0.1, 0.15) is 47.6 Å². The zero-order valence-corrected chi connectivity index (χ0v) is 17.8. The third-order valence-corrected chi connectivity index (χ3v) is 6.89. The van der Waals surface area contributed by atoms with Gasteiger partial charge in [-0.05, 0) is 6.92 Å². The zero-order chi connectivity index (χ0) is 20.5. The summed E-state index contributed by atoms with van der Waals surface area (Å²) >= 11 is 1.50. The van der Waals surface area contributed by atoms with Crippen LogP contribution in [-0.2, 0) is 16.0 Å². The minimum atomic E-state index is -0.121. The SMILES string of the molecule is CCc1nc2sc([C@H](c3ccc(C)cc3)[NH+]3CCC(C(=O)OC)CC3)c(O)n2n1. The molecule has 0 amide bonds. The summed E-state index contributed by atoms with van der Waals surface area (Å²) in [5, 5.41) is 15.4. The first kappa shape index (κ1) is 19.8. The quantitative estimate of drug-likeness (QED) is 0.623. The first-order chi connectivity index (χ1) is 14.0. The van der Waals surface area contributed by atoms with Crippen molar-refractivity contribution in [3.05, 3.63) is 46.1 Å². The summed E-state index contributed by atoms with van der Waals surface area (Å²) in [6.07, 6.45) is 2.30. The lowest BCUT2D eigenvalue weighted by molar-refractivity contribution is -0.930. The van der Waals surface area contributed by atoms with Crippen LogP contribution < -0.4 is 4.90 Å². The van der Waals surface area contributed by atoms with E-state index in [-0.39, 0.29) is 23.8 Å². The van der Waals surface area contributed by atoms with Crippen molar-refractivity contribution in [2.75, 3.05) is 20.2 Å². The van der Waals surface area contributed by atoms with E-state index in [2.05, 4.69) is 41.3 Å². The maximum absolute atomic E-state index is 11.9. The van der Waals surface area contributed by atoms with Gasteiger partial charge in [0.05, 0.1) is 26.1 Å². The number of likely N-dealkylation sites (tertiary alicyclic amines) is 1. The van der Waals surface area contributed by atoms with Crippen molar-refractivity contribution in [2.24, 2.45) is 5.92 Å². The number of methoxy groups -OCH3 is 1. The molecule has 1 aliphatic heterocycles. The number of quaternary nitrogens is 1. The number of esters is 1. The van der Waals surface area contributed by atoms with E-state index >= 15 is 0 Å². The Bertz CT molecular complexity index is 1000. The number of aromatic hydroxyl groups is 1. The van der Waals surface area contributed by atoms with Gasteiger partial charge in [-0.25, -0.2) is 4.98 Å². The number of nitrogens with one attached hydrogen (secondary N) is 1. The molecule has 1 atom stereocenters. The fourth-order valence-electron chi connectivity index (χ4n) is 4.14. The molecule has 8 heteroatoms. The van der Waals surface area contributed by atoms with Gasteiger partial charge in [-0.1, -0.05) is 48.1 Å². The van der Waals surface area contributed by atoms with Crippen molar-refractivity contribution in [1.29, 1.82) is 0 Å². The van der Waals surface area contributed by atoms with Gasteiger partial charge in [-0.2, -0.15) is 4.52 Å². The lowest BCUT2D eigenvalue weighted by Crippen LogP contribution is -3.13. The van der Waals surface area contributed by atoms with Crippen LogP contribution in [0.5, 0.6) is 5.88 Å². The number of piperidine rings is 1. The summed E-state index contributed by atoms with van der Waals surface area (Å²) in [5.41, 5.74) is 2.35. The van der Waals surface area contributed by atoms with Crippen molar-refractivity contribution < 1.29 is 19.5 Å². The second-order valence-corrected chi connectivity index (χ2v) is 8.67. The molecule has 0 radical (unpaired) electrons. The highest BCUT2D eigenvalue weighted by Gasteiger charge is 2.37. The number of thiazole rings is 1. The zero-order valence-electron chi connectivity index (χ0n) is 17.0. The number of carbonyl (C=O) groups excluding carboxylic acids is 1. The van der Waals surface area contributed by atoms with E-state index in [0.29, 0.717) is 0 Å². The molecular weight excluding hydrogens is 388 g/mol. The van der Waals surface area contributed by atoms with Gasteiger partial charge in [-0.3, -0.25) is 4.79 Å². The van der Waals surface area contributed by atoms with Crippen LogP contribution in [0, 0.1) is 12.8 Å². The highest BCUT2D eigenvalue weighted by atomic mass is 32.1. The van der Waals surface area contributed by atoms with Crippen LogP contribution in [0.2, 0.25) is 0 Å². The van der Waals surface area contributed by atoms with Gasteiger partial charge in [-0.15, -0.1) is 5.10 Å². The topological polar surface area (TPSA) is 81.2 Å². The number of aryl methyl sites for hydroxylation is 2. The average molecular weight is 416 g/mol. The van der Waals surface area contributed by atoms with E-state index in [1.165, 1.54) is 28.9 Å². The molecule has 0 unspecified atom stereocenters. The third kappa shape index (κ3) is 3.74. The van der Waals surface area contributed by atoms with Gasteiger partial charge in [0.15, 0.2) is 11.9 Å². The van der Waals surface area contributed by atoms with E-state index in [0.717, 1.165) is 53.6 Å². The number of rotatable bonds is 5. The molecule has 2 N–H and O–H groups in total. The molecule has 4 rings (SSSR count). The van der Waals surface area contributed by atoms with Crippen LogP contribution in [0.15, 0.2) is 24.3 Å². The smallest absolute Gasteiger partial charge is 0.309 e. The van der Waals surface area contributed by atoms with Gasteiger partial charge in [0, 0.05) is 24.8 Å². The highest BCUT2D eigenvalue weighted by Crippen LogP contribution is 2.35. The first-order valence-corrected chi connectivity index (χ1v) is 10.9. The first-order valence-electron chi connectivity index (χ1n) is 10.1. The summed E-state index contributed by atoms with van der Waals surface area (Å²) in [6.45, 7) is 5.75. The van der Waals surface area contributed by atoms with Gasteiger partial charge < -0.3 is 14.7 Å². The predicted molar refractivity (Wildman–Crippen MR) is 110 cm³/mol. The van der Waals surface area contributed by atoms with Crippen LogP contribution in [0.3, 0.4) is 0 Å². The summed E-state index contributed by atoms with van der Waals surface area (Å²) in [4.78, 5) is 19.4. The number of hydrogen-bond donors (Lipinski definition) is 2. The van der Waals surface area contributed by atoms with Crippen molar-refractivity contribution >= 4 is 22.3 Å². The molecular formula is C21H27N4O3S+. The fourth-order valence-corrected chi connectivity index (χ4v) is 5.30. The van der Waals surface area contributed by atoms with Crippen molar-refractivity contribution in [2.45, 2.75) is 39.2 Å². The Morgan fingerprint density at radius 2 is 2.03 bits per heavy atom. The Kier molecular flexibility index (Phi) is 5.56. The standard InChI is InChI=1S/C21H26N4O3S/c1-4-16-22-21-25(23-16)19(26)18(29-21)17(14-7-5-13(2)6-8-14)24-11-9-15(10-12-24)20(27)28-3/h5-8,15,17,26H,4,9-12H2,1-3H3/p+1/t17-/m0/s1. The van der Waals surface area contributed by atoms with Crippen LogP contribution in [0.25, 0.3) is 4.96 Å². The molecule has 1 fully saturated rings. The van der Waals surface area contributed by atoms with Crippen molar-refractivity contribution in [3.63, 3.8) is 0 Å². The van der Waals surface area contributed by atoms with Gasteiger partial charge in [0.25, 0.3) is 0 Å². The second kappa shape index (κ2) is 8.12. The minimum Gasteiger partial charge on any atom is -0.492 e. The normalized spacial score (nSPS) is 20.7. The number of fused-ring (bicyclic) bond motifs is 1. The second-order valence-electron chi connectivity index (χ2n) is 7.67. The van der Waals surface area contributed by atoms with E-state index in [1.807, 2.05) is 6.92 Å². The van der Waals surface area contributed by atoms with E-state index in [4.69, 9.17) is 4.74 Å². The summed E-state index contributed by atoms with van der Waals surface area (Å²) in [7, 11) is 1.45. The molecule has 0 bridgehead atoms. The Hall–Kier alpha value is -2.45. The van der Waals surface area contributed by atoms with Crippen LogP contribution in [-0.4, -0.2) is 45.9 Å². The van der Waals surface area contributed by atoms with Gasteiger partial charge in [0.2, 0.25) is 10.8 Å². The minimum absolute atomic E-state index is 0.0206. The number of benzene rings is 1. The Morgan fingerprint density at radius 1 is 1.34 bits per heavy atom. The van der Waals surface area contributed by atoms with Gasteiger partial charge >= 0.3 is 5.97 Å². The highest BCUT2D eigenvalue weighted by molar-refractivity contribution is 7.17. The summed E-state index contributed by atoms with van der Waals surface area (Å²) in [6, 6.07) is 8.45. The Labute approximate surface area is 173 Å². The summed E-state index contributed by atoms with van der Waals surface area (Å²) in [5.74, 6) is 0.747. The number of carbonyl (C=O) groups is 1. The average Bonchev–Trinajstić information content (AvgIpc) is 3.29. The molecule has 1 saturated heterocycles. The molecule has 154 valence electrons. The summed E-state index contributed by atoms with van der Waals surface area (Å²) < 4.78 is 6.49. The third-order valence-electron chi connectivity index (χ3n) is 5.80. The molecule has 0 saturated carbocycles.